The van der Waals surface area contributed by atoms with Crippen molar-refractivity contribution in [3.63, 3.8) is 0 Å². The van der Waals surface area contributed by atoms with Gasteiger partial charge < -0.3 is 4.90 Å². The van der Waals surface area contributed by atoms with Crippen LogP contribution in [0, 0.1) is 0 Å². The average Bonchev–Trinajstić information content (AvgIpc) is 3.34. The molecule has 1 heteroatoms. The second-order valence-corrected chi connectivity index (χ2v) is 16.6. The van der Waals surface area contributed by atoms with Gasteiger partial charge in [-0.1, -0.05) is 176 Å². The lowest BCUT2D eigenvalue weighted by atomic mass is 9.87. The molecule has 61 heavy (non-hydrogen) atoms. The summed E-state index contributed by atoms with van der Waals surface area (Å²) < 4.78 is 0. The number of fused-ring (bicyclic) bond motifs is 3. The highest BCUT2D eigenvalue weighted by atomic mass is 15.1. The van der Waals surface area contributed by atoms with Crippen LogP contribution in [0.1, 0.15) is 59.1 Å². The topological polar surface area (TPSA) is 3.24 Å². The fourth-order valence-corrected chi connectivity index (χ4v) is 9.83. The van der Waals surface area contributed by atoms with Crippen molar-refractivity contribution >= 4 is 45.1 Å². The zero-order valence-electron chi connectivity index (χ0n) is 34.4. The molecule has 8 aromatic carbocycles. The van der Waals surface area contributed by atoms with Crippen molar-refractivity contribution in [1.82, 2.24) is 0 Å². The van der Waals surface area contributed by atoms with Gasteiger partial charge in [-0.15, -0.1) is 0 Å². The van der Waals surface area contributed by atoms with Crippen molar-refractivity contribution in [2.24, 2.45) is 0 Å². The Hall–Kier alpha value is -7.22. The Labute approximate surface area is 360 Å². The van der Waals surface area contributed by atoms with Gasteiger partial charge in [0.05, 0.1) is 0 Å². The summed E-state index contributed by atoms with van der Waals surface area (Å²) >= 11 is 0. The molecule has 0 aromatic heterocycles. The molecule has 3 aliphatic rings. The molecule has 1 nitrogen and oxygen atoms in total. The number of rotatable bonds is 8. The standard InChI is InChI=1S/C60H47N/c1-2-13-45(14-3-1)60-41-52(39-40-59(60)47-29-27-46(28-30-47)56-24-10-18-42-15-4-7-21-53(42)56)61(50-35-31-48(32-36-50)57-25-11-19-43-16-5-8-22-54(43)57)51-37-33-49(34-38-51)58-26-12-20-44-17-6-9-23-55(44)58/h1-2,5-11,13,16-19,21-41H,3-4,12,14-15,20H2. The van der Waals surface area contributed by atoms with E-state index < -0.39 is 0 Å². The van der Waals surface area contributed by atoms with Crippen molar-refractivity contribution in [1.29, 1.82) is 0 Å². The normalized spacial score (nSPS) is 14.2. The minimum absolute atomic E-state index is 1.01. The van der Waals surface area contributed by atoms with Crippen molar-refractivity contribution in [2.45, 2.75) is 38.5 Å². The number of nitrogens with zero attached hydrogens (tertiary/aromatic N) is 1. The number of benzene rings is 8. The van der Waals surface area contributed by atoms with Gasteiger partial charge in [-0.05, 0) is 164 Å². The molecule has 0 radical (unpaired) electrons. The Morgan fingerprint density at radius 2 is 1.00 bits per heavy atom. The molecule has 0 fully saturated rings. The molecule has 3 aliphatic carbocycles. The van der Waals surface area contributed by atoms with Crippen LogP contribution in [-0.2, 0) is 12.8 Å². The van der Waals surface area contributed by atoms with Gasteiger partial charge in [-0.2, -0.15) is 0 Å². The average molecular weight is 782 g/mol. The molecule has 0 amide bonds. The smallest absolute Gasteiger partial charge is 0.0468 e. The summed E-state index contributed by atoms with van der Waals surface area (Å²) in [5.41, 5.74) is 21.8. The molecule has 0 atom stereocenters. The molecule has 0 spiro atoms. The lowest BCUT2D eigenvalue weighted by Gasteiger charge is -2.28. The third kappa shape index (κ3) is 7.07. The summed E-state index contributed by atoms with van der Waals surface area (Å²) in [5.74, 6) is 0. The highest BCUT2D eigenvalue weighted by Gasteiger charge is 2.20. The van der Waals surface area contributed by atoms with Gasteiger partial charge in [0.1, 0.15) is 0 Å². The third-order valence-electron chi connectivity index (χ3n) is 12.9. The summed E-state index contributed by atoms with van der Waals surface area (Å²) in [6, 6.07) is 65.6. The molecule has 0 unspecified atom stereocenters. The number of hydrogen-bond acceptors (Lipinski definition) is 1. The Morgan fingerprint density at radius 3 is 1.82 bits per heavy atom. The third-order valence-corrected chi connectivity index (χ3v) is 12.9. The Morgan fingerprint density at radius 1 is 0.393 bits per heavy atom. The van der Waals surface area contributed by atoms with Gasteiger partial charge in [-0.3, -0.25) is 0 Å². The van der Waals surface area contributed by atoms with Crippen LogP contribution in [-0.4, -0.2) is 0 Å². The van der Waals surface area contributed by atoms with Crippen LogP contribution in [0.5, 0.6) is 0 Å². The Kier molecular flexibility index (Phi) is 9.71. The molecule has 8 aromatic rings. The zero-order chi connectivity index (χ0) is 40.5. The van der Waals surface area contributed by atoms with Crippen molar-refractivity contribution in [2.75, 3.05) is 4.90 Å². The minimum Gasteiger partial charge on any atom is -0.310 e. The van der Waals surface area contributed by atoms with Gasteiger partial charge in [0.25, 0.3) is 0 Å². The van der Waals surface area contributed by atoms with Crippen molar-refractivity contribution in [3.8, 4) is 33.4 Å². The molecule has 0 aliphatic heterocycles. The molecule has 11 rings (SSSR count). The maximum absolute atomic E-state index is 2.43. The zero-order valence-corrected chi connectivity index (χ0v) is 34.4. The second kappa shape index (κ2) is 16.1. The van der Waals surface area contributed by atoms with Crippen LogP contribution in [0.25, 0.3) is 61.4 Å². The van der Waals surface area contributed by atoms with Gasteiger partial charge in [0.2, 0.25) is 0 Å². The summed E-state index contributed by atoms with van der Waals surface area (Å²) in [6.07, 6.45) is 20.3. The molecular weight excluding hydrogens is 735 g/mol. The Balaban J connectivity index is 1.01. The van der Waals surface area contributed by atoms with Crippen LogP contribution >= 0.6 is 0 Å². The van der Waals surface area contributed by atoms with E-state index >= 15 is 0 Å². The van der Waals surface area contributed by atoms with Gasteiger partial charge in [-0.25, -0.2) is 0 Å². The largest absolute Gasteiger partial charge is 0.310 e. The van der Waals surface area contributed by atoms with E-state index in [1.807, 2.05) is 0 Å². The van der Waals surface area contributed by atoms with E-state index in [4.69, 9.17) is 0 Å². The number of hydrogen-bond donors (Lipinski definition) is 0. The monoisotopic (exact) mass is 781 g/mol. The molecule has 0 saturated heterocycles. The maximum Gasteiger partial charge on any atom is 0.0468 e. The van der Waals surface area contributed by atoms with Crippen LogP contribution in [0.15, 0.2) is 206 Å². The quantitative estimate of drug-likeness (QED) is 0.148. The van der Waals surface area contributed by atoms with Crippen molar-refractivity contribution in [3.05, 3.63) is 240 Å². The summed E-state index contributed by atoms with van der Waals surface area (Å²) in [7, 11) is 0. The summed E-state index contributed by atoms with van der Waals surface area (Å²) in [5, 5.41) is 2.53. The SMILES string of the molecule is C1=CCCC(c2cc(N(c3ccc(C4=CCCc5ccccc54)cc3)c3ccc(-c4cccc5ccccc45)cc3)ccc2-c2ccc(-c3cccc4c3C=CCC4)cc2)=C1. The predicted molar refractivity (Wildman–Crippen MR) is 260 cm³/mol. The van der Waals surface area contributed by atoms with E-state index in [1.165, 1.54) is 88.7 Å². The first-order valence-electron chi connectivity index (χ1n) is 21.9. The van der Waals surface area contributed by atoms with E-state index in [9.17, 15) is 0 Å². The Bertz CT molecular complexity index is 3040. The first kappa shape index (κ1) is 36.8. The highest BCUT2D eigenvalue weighted by molar-refractivity contribution is 5.97. The number of aryl methyl sites for hydroxylation is 2. The lowest BCUT2D eigenvalue weighted by Crippen LogP contribution is -2.11. The van der Waals surface area contributed by atoms with Crippen LogP contribution in [0.4, 0.5) is 17.1 Å². The fourth-order valence-electron chi connectivity index (χ4n) is 9.83. The van der Waals surface area contributed by atoms with Gasteiger partial charge in [0, 0.05) is 17.1 Å². The molecule has 0 bridgehead atoms. The van der Waals surface area contributed by atoms with Crippen LogP contribution in [0.3, 0.4) is 0 Å². The second-order valence-electron chi connectivity index (χ2n) is 16.6. The first-order chi connectivity index (χ1) is 30.2. The molecule has 0 heterocycles. The molecule has 0 N–H and O–H groups in total. The van der Waals surface area contributed by atoms with E-state index in [2.05, 4.69) is 217 Å². The van der Waals surface area contributed by atoms with Crippen LogP contribution < -0.4 is 4.90 Å². The van der Waals surface area contributed by atoms with E-state index in [-0.39, 0.29) is 0 Å². The fraction of sp³-hybridized carbons (Fsp3) is 0.100. The highest BCUT2D eigenvalue weighted by Crippen LogP contribution is 2.43. The van der Waals surface area contributed by atoms with Crippen LogP contribution in [0.2, 0.25) is 0 Å². The summed E-state index contributed by atoms with van der Waals surface area (Å²) in [4.78, 5) is 2.43. The first-order valence-corrected chi connectivity index (χ1v) is 21.9. The van der Waals surface area contributed by atoms with E-state index in [0.29, 0.717) is 0 Å². The predicted octanol–water partition coefficient (Wildman–Crippen LogP) is 16.4. The molecular formula is C60H47N. The molecule has 292 valence electrons. The van der Waals surface area contributed by atoms with Gasteiger partial charge >= 0.3 is 0 Å². The molecule has 0 saturated carbocycles. The number of anilines is 3. The minimum atomic E-state index is 1.01. The van der Waals surface area contributed by atoms with Gasteiger partial charge in [0.15, 0.2) is 0 Å². The van der Waals surface area contributed by atoms with Crippen molar-refractivity contribution < 1.29 is 0 Å². The number of allylic oxidation sites excluding steroid dienone is 6. The van der Waals surface area contributed by atoms with E-state index in [0.717, 1.165) is 55.6 Å². The maximum atomic E-state index is 2.43. The summed E-state index contributed by atoms with van der Waals surface area (Å²) in [6.45, 7) is 0. The lowest BCUT2D eigenvalue weighted by molar-refractivity contribution is 0.978. The van der Waals surface area contributed by atoms with E-state index in [1.54, 1.807) is 0 Å².